The lowest BCUT2D eigenvalue weighted by molar-refractivity contribution is -0.267. The van der Waals surface area contributed by atoms with Crippen LogP contribution in [0.4, 0.5) is 5.82 Å². The molecule has 1 saturated heterocycles. The van der Waals surface area contributed by atoms with Crippen LogP contribution in [0.3, 0.4) is 0 Å². The highest BCUT2D eigenvalue weighted by molar-refractivity contribution is 5.34. The van der Waals surface area contributed by atoms with Crippen LogP contribution in [0, 0.1) is 0 Å². The number of nitrogens with zero attached hydrogens (tertiary/aromatic N) is 2. The molecule has 2 heterocycles. The number of rotatable bonds is 18. The van der Waals surface area contributed by atoms with Crippen molar-refractivity contribution >= 4 is 5.82 Å². The summed E-state index contributed by atoms with van der Waals surface area (Å²) in [5.41, 5.74) is 4.58. The van der Waals surface area contributed by atoms with Gasteiger partial charge in [0, 0.05) is 6.20 Å². The molecule has 7 rings (SSSR count). The van der Waals surface area contributed by atoms with Gasteiger partial charge in [0.25, 0.3) is 0 Å². The lowest BCUT2D eigenvalue weighted by atomic mass is 9.96. The first-order valence-corrected chi connectivity index (χ1v) is 18.8. The molecule has 5 aromatic carbocycles. The molecular formula is C46H47N3O7. The van der Waals surface area contributed by atoms with Gasteiger partial charge in [0.1, 0.15) is 36.0 Å². The van der Waals surface area contributed by atoms with Crippen LogP contribution in [0.15, 0.2) is 163 Å². The maximum atomic E-state index is 13.4. The van der Waals surface area contributed by atoms with Crippen molar-refractivity contribution in [2.45, 2.75) is 63.6 Å². The van der Waals surface area contributed by atoms with Crippen molar-refractivity contribution in [2.24, 2.45) is 0 Å². The standard InChI is InChI=1S/C46H47N3O7/c1-51-39-24-22-34(23-25-39)28-49-27-26-41(48-46(49)50)47-45-44(55-32-38-20-12-5-13-21-38)43(54-31-37-18-10-4-11-19-37)42(53-30-36-16-8-3-9-17-36)40(56-45)33-52-29-35-14-6-2-7-15-35/h2-27,40,42-45H,28-33H2,1H3,(H,47,48,50)/t40-,42-,43+,44+,45-/m1/s1. The molecule has 10 nitrogen and oxygen atoms in total. The van der Waals surface area contributed by atoms with E-state index >= 15 is 0 Å². The molecule has 1 aliphatic rings. The number of nitrogens with one attached hydrogen (secondary N) is 1. The Morgan fingerprint density at radius 1 is 0.589 bits per heavy atom. The number of aromatic nitrogens is 2. The van der Waals surface area contributed by atoms with E-state index in [0.717, 1.165) is 33.6 Å². The molecule has 0 saturated carbocycles. The minimum atomic E-state index is -0.800. The van der Waals surface area contributed by atoms with Crippen LogP contribution in [-0.4, -0.2) is 53.9 Å². The predicted molar refractivity (Wildman–Crippen MR) is 214 cm³/mol. The second-order valence-corrected chi connectivity index (χ2v) is 13.6. The van der Waals surface area contributed by atoms with Gasteiger partial charge >= 0.3 is 5.69 Å². The van der Waals surface area contributed by atoms with Gasteiger partial charge in [-0.3, -0.25) is 4.57 Å². The highest BCUT2D eigenvalue weighted by Gasteiger charge is 2.48. The summed E-state index contributed by atoms with van der Waals surface area (Å²) in [4.78, 5) is 17.8. The van der Waals surface area contributed by atoms with Crippen molar-refractivity contribution in [3.05, 3.63) is 196 Å². The summed E-state index contributed by atoms with van der Waals surface area (Å²) < 4.78 is 40.4. The van der Waals surface area contributed by atoms with E-state index in [9.17, 15) is 4.79 Å². The highest BCUT2D eigenvalue weighted by Crippen LogP contribution is 2.31. The normalized spacial score (nSPS) is 19.3. The van der Waals surface area contributed by atoms with Crippen molar-refractivity contribution < 1.29 is 28.4 Å². The fourth-order valence-corrected chi connectivity index (χ4v) is 6.61. The number of anilines is 1. The summed E-state index contributed by atoms with van der Waals surface area (Å²) in [6.45, 7) is 1.88. The Kier molecular flexibility index (Phi) is 13.7. The first-order valence-electron chi connectivity index (χ1n) is 18.8. The monoisotopic (exact) mass is 753 g/mol. The molecule has 56 heavy (non-hydrogen) atoms. The summed E-state index contributed by atoms with van der Waals surface area (Å²) in [7, 11) is 1.62. The van der Waals surface area contributed by atoms with Gasteiger partial charge in [-0.2, -0.15) is 4.98 Å². The zero-order chi connectivity index (χ0) is 38.4. The second kappa shape index (κ2) is 19.8. The first kappa shape index (κ1) is 38.6. The summed E-state index contributed by atoms with van der Waals surface area (Å²) in [5, 5.41) is 3.40. The van der Waals surface area contributed by atoms with Gasteiger partial charge in [-0.15, -0.1) is 0 Å². The second-order valence-electron chi connectivity index (χ2n) is 13.6. The first-order chi connectivity index (χ1) is 27.6. The molecule has 0 aliphatic carbocycles. The quantitative estimate of drug-likeness (QED) is 0.0962. The Morgan fingerprint density at radius 2 is 1.09 bits per heavy atom. The van der Waals surface area contributed by atoms with Crippen LogP contribution >= 0.6 is 0 Å². The van der Waals surface area contributed by atoms with E-state index in [1.165, 1.54) is 0 Å². The number of hydrogen-bond donors (Lipinski definition) is 1. The Balaban J connectivity index is 1.19. The van der Waals surface area contributed by atoms with E-state index < -0.39 is 36.3 Å². The molecule has 0 radical (unpaired) electrons. The Bertz CT molecular complexity index is 2100. The maximum absolute atomic E-state index is 13.4. The minimum Gasteiger partial charge on any atom is -0.497 e. The van der Waals surface area contributed by atoms with E-state index in [1.807, 2.05) is 146 Å². The lowest BCUT2D eigenvalue weighted by Gasteiger charge is -2.46. The highest BCUT2D eigenvalue weighted by atomic mass is 16.6. The Morgan fingerprint density at radius 3 is 1.61 bits per heavy atom. The molecule has 0 unspecified atom stereocenters. The molecular weight excluding hydrogens is 707 g/mol. The molecule has 1 aliphatic heterocycles. The van der Waals surface area contributed by atoms with Gasteiger partial charge in [-0.1, -0.05) is 133 Å². The van der Waals surface area contributed by atoms with Crippen LogP contribution in [0.25, 0.3) is 0 Å². The van der Waals surface area contributed by atoms with Gasteiger partial charge in [0.2, 0.25) is 0 Å². The summed E-state index contributed by atoms with van der Waals surface area (Å²) >= 11 is 0. The third-order valence-electron chi connectivity index (χ3n) is 9.56. The maximum Gasteiger partial charge on any atom is 0.349 e. The van der Waals surface area contributed by atoms with E-state index in [0.29, 0.717) is 32.2 Å². The van der Waals surface area contributed by atoms with Crippen LogP contribution in [0.2, 0.25) is 0 Å². The largest absolute Gasteiger partial charge is 0.497 e. The fraction of sp³-hybridized carbons (Fsp3) is 0.261. The van der Waals surface area contributed by atoms with E-state index in [-0.39, 0.29) is 13.2 Å². The number of methoxy groups -OCH3 is 1. The average molecular weight is 754 g/mol. The Hall–Kier alpha value is -5.62. The third-order valence-corrected chi connectivity index (χ3v) is 9.56. The van der Waals surface area contributed by atoms with Crippen LogP contribution in [-0.2, 0) is 56.7 Å². The molecule has 1 N–H and O–H groups in total. The van der Waals surface area contributed by atoms with E-state index in [4.69, 9.17) is 28.4 Å². The van der Waals surface area contributed by atoms with Gasteiger partial charge in [0.05, 0.1) is 46.7 Å². The molecule has 0 spiro atoms. The van der Waals surface area contributed by atoms with Gasteiger partial charge in [-0.25, -0.2) is 4.79 Å². The smallest absolute Gasteiger partial charge is 0.349 e. The van der Waals surface area contributed by atoms with Crippen molar-refractivity contribution in [2.75, 3.05) is 19.0 Å². The van der Waals surface area contributed by atoms with Gasteiger partial charge in [-0.05, 0) is 46.0 Å². The molecule has 10 heteroatoms. The van der Waals surface area contributed by atoms with Crippen LogP contribution < -0.4 is 15.7 Å². The third kappa shape index (κ3) is 10.8. The van der Waals surface area contributed by atoms with E-state index in [1.54, 1.807) is 23.9 Å². The number of ether oxygens (including phenoxy) is 6. The van der Waals surface area contributed by atoms with Crippen molar-refractivity contribution in [1.82, 2.24) is 9.55 Å². The number of benzene rings is 5. The summed E-state index contributed by atoms with van der Waals surface area (Å²) in [5.74, 6) is 1.09. The topological polar surface area (TPSA) is 102 Å². The van der Waals surface area contributed by atoms with Gasteiger partial charge < -0.3 is 33.7 Å². The molecule has 288 valence electrons. The minimum absolute atomic E-state index is 0.208. The van der Waals surface area contributed by atoms with Crippen molar-refractivity contribution in [1.29, 1.82) is 0 Å². The average Bonchev–Trinajstić information content (AvgIpc) is 3.25. The zero-order valence-corrected chi connectivity index (χ0v) is 31.4. The van der Waals surface area contributed by atoms with Gasteiger partial charge in [0.15, 0.2) is 6.23 Å². The molecule has 5 atom stereocenters. The summed E-state index contributed by atoms with van der Waals surface area (Å²) in [6, 6.07) is 49.3. The van der Waals surface area contributed by atoms with Crippen molar-refractivity contribution in [3.63, 3.8) is 0 Å². The number of hydrogen-bond acceptors (Lipinski definition) is 9. The fourth-order valence-electron chi connectivity index (χ4n) is 6.61. The molecule has 6 aromatic rings. The van der Waals surface area contributed by atoms with Crippen LogP contribution in [0.1, 0.15) is 27.8 Å². The molecule has 0 amide bonds. The SMILES string of the molecule is COc1ccc(Cn2ccc(N[C@@H]3O[C@H](COCc4ccccc4)[C@@H](OCc4ccccc4)[C@H](OCc4ccccc4)[C@@H]3OCc3ccccc3)nc2=O)cc1. The van der Waals surface area contributed by atoms with Crippen LogP contribution in [0.5, 0.6) is 5.75 Å². The predicted octanol–water partition coefficient (Wildman–Crippen LogP) is 7.41. The van der Waals surface area contributed by atoms with E-state index in [2.05, 4.69) is 10.3 Å². The lowest BCUT2D eigenvalue weighted by Crippen LogP contribution is -2.63. The summed E-state index contributed by atoms with van der Waals surface area (Å²) in [6.07, 6.45) is -1.60. The molecule has 1 aromatic heterocycles. The molecule has 1 fully saturated rings. The molecule has 0 bridgehead atoms. The zero-order valence-electron chi connectivity index (χ0n) is 31.4. The Labute approximate surface area is 327 Å². The van der Waals surface area contributed by atoms with Crippen molar-refractivity contribution in [3.8, 4) is 5.75 Å².